The Kier molecular flexibility index (Phi) is 13.1. The molecule has 0 saturated heterocycles. The topological polar surface area (TPSA) is 18.5 Å². The van der Waals surface area contributed by atoms with Crippen molar-refractivity contribution in [2.75, 3.05) is 6.26 Å². The molecule has 0 heterocycles. The molecule has 0 aliphatic heterocycles. The quantitative estimate of drug-likeness (QED) is 0.138. The second-order valence-corrected chi connectivity index (χ2v) is 27.2. The Bertz CT molecular complexity index is 939. The van der Waals surface area contributed by atoms with Gasteiger partial charge in [0.1, 0.15) is 4.93 Å². The molecule has 6 atom stereocenters. The molecule has 5 heteroatoms. The van der Waals surface area contributed by atoms with Crippen LogP contribution in [0.3, 0.4) is 0 Å². The highest BCUT2D eigenvalue weighted by molar-refractivity contribution is 7.99. The minimum absolute atomic E-state index is 0.0226. The van der Waals surface area contributed by atoms with E-state index in [1.807, 2.05) is 11.8 Å². The molecule has 0 radical (unpaired) electrons. The average Bonchev–Trinajstić information content (AvgIpc) is 3.29. The monoisotopic (exact) mass is 648 g/mol. The van der Waals surface area contributed by atoms with Crippen LogP contribution in [-0.4, -0.2) is 33.4 Å². The average molecular weight is 649 g/mol. The van der Waals surface area contributed by atoms with E-state index < -0.39 is 16.6 Å². The van der Waals surface area contributed by atoms with E-state index in [2.05, 4.69) is 100 Å². The molecule has 250 valence electrons. The molecule has 3 rings (SSSR count). The van der Waals surface area contributed by atoms with Crippen molar-refractivity contribution in [2.24, 2.45) is 35.0 Å². The Hall–Kier alpha value is 0.184. The minimum atomic E-state index is -1.62. The van der Waals surface area contributed by atoms with Crippen LogP contribution in [0.25, 0.3) is 0 Å². The summed E-state index contributed by atoms with van der Waals surface area (Å²) in [6, 6.07) is 3.74. The van der Waals surface area contributed by atoms with Gasteiger partial charge in [0.25, 0.3) is 0 Å². The first kappa shape index (κ1) is 37.6. The van der Waals surface area contributed by atoms with E-state index in [1.54, 1.807) is 11.1 Å². The van der Waals surface area contributed by atoms with Gasteiger partial charge in [0, 0.05) is 0 Å². The van der Waals surface area contributed by atoms with Crippen molar-refractivity contribution in [3.8, 4) is 0 Å². The maximum absolute atomic E-state index is 6.95. The number of thioether (sulfide) groups is 1. The third-order valence-corrected chi connectivity index (χ3v) is 19.9. The molecule has 3 aliphatic carbocycles. The van der Waals surface area contributed by atoms with Crippen molar-refractivity contribution >= 4 is 28.4 Å². The molecule has 0 aromatic carbocycles. The maximum Gasteiger partial charge on any atom is 0.192 e. The molecule has 3 aliphatic rings. The summed E-state index contributed by atoms with van der Waals surface area (Å²) < 4.78 is 13.9. The molecule has 0 bridgehead atoms. The van der Waals surface area contributed by atoms with Crippen molar-refractivity contribution in [1.29, 1.82) is 0 Å². The highest BCUT2D eigenvalue weighted by Gasteiger charge is 2.51. The minimum Gasteiger partial charge on any atom is -0.412 e. The van der Waals surface area contributed by atoms with E-state index in [1.165, 1.54) is 82.3 Å². The fourth-order valence-corrected chi connectivity index (χ4v) is 16.6. The van der Waals surface area contributed by atoms with Crippen LogP contribution in [0.15, 0.2) is 23.3 Å². The second-order valence-electron chi connectivity index (χ2n) is 17.0. The highest BCUT2D eigenvalue weighted by atomic mass is 32.2. The Labute approximate surface area is 275 Å². The predicted molar refractivity (Wildman–Crippen MR) is 198 cm³/mol. The van der Waals surface area contributed by atoms with Gasteiger partial charge in [-0.05, 0) is 144 Å². The van der Waals surface area contributed by atoms with Gasteiger partial charge >= 0.3 is 0 Å². The lowest BCUT2D eigenvalue weighted by Crippen LogP contribution is -2.51. The van der Waals surface area contributed by atoms with Gasteiger partial charge in [0.2, 0.25) is 0 Å². The molecular weight excluding hydrogens is 577 g/mol. The van der Waals surface area contributed by atoms with Crippen LogP contribution in [0.1, 0.15) is 127 Å². The summed E-state index contributed by atoms with van der Waals surface area (Å²) in [5.41, 5.74) is 3.92. The largest absolute Gasteiger partial charge is 0.412 e. The lowest BCUT2D eigenvalue weighted by Gasteiger charge is -2.50. The van der Waals surface area contributed by atoms with Crippen molar-refractivity contribution < 1.29 is 8.85 Å². The summed E-state index contributed by atoms with van der Waals surface area (Å²) in [4.78, 5) is -0.0262. The van der Waals surface area contributed by atoms with Crippen LogP contribution in [0, 0.1) is 35.0 Å². The fourth-order valence-electron chi connectivity index (χ4n) is 9.99. The van der Waals surface area contributed by atoms with E-state index in [0.29, 0.717) is 17.3 Å². The summed E-state index contributed by atoms with van der Waals surface area (Å²) in [5.74, 6) is 3.56. The van der Waals surface area contributed by atoms with E-state index in [9.17, 15) is 0 Å². The first-order chi connectivity index (χ1) is 20.0. The van der Waals surface area contributed by atoms with E-state index in [4.69, 9.17) is 8.85 Å². The van der Waals surface area contributed by atoms with E-state index in [-0.39, 0.29) is 10.5 Å². The van der Waals surface area contributed by atoms with Gasteiger partial charge in [-0.2, -0.15) is 0 Å². The smallest absolute Gasteiger partial charge is 0.192 e. The Balaban J connectivity index is 1.64. The molecule has 2 nitrogen and oxygen atoms in total. The Morgan fingerprint density at radius 1 is 1.00 bits per heavy atom. The van der Waals surface area contributed by atoms with Crippen LogP contribution in [0.5, 0.6) is 0 Å². The Morgan fingerprint density at radius 3 is 2.14 bits per heavy atom. The fraction of sp³-hybridized carbons (Fsp3) is 0.895. The van der Waals surface area contributed by atoms with Crippen LogP contribution >= 0.6 is 11.8 Å². The third kappa shape index (κ3) is 8.76. The van der Waals surface area contributed by atoms with Gasteiger partial charge in [0.15, 0.2) is 16.6 Å². The zero-order valence-electron chi connectivity index (χ0n) is 31.0. The molecule has 3 fully saturated rings. The lowest BCUT2D eigenvalue weighted by atomic mass is 9.60. The lowest BCUT2D eigenvalue weighted by molar-refractivity contribution is 0.0317. The molecule has 0 aromatic rings. The molecular formula is C38H72O2SSi2. The first-order valence-corrected chi connectivity index (χ1v) is 25.5. The summed E-state index contributed by atoms with van der Waals surface area (Å²) in [6.45, 7) is 29.0. The van der Waals surface area contributed by atoms with E-state index >= 15 is 0 Å². The number of rotatable bonds is 14. The predicted octanol–water partition coefficient (Wildman–Crippen LogP) is 12.6. The van der Waals surface area contributed by atoms with Crippen molar-refractivity contribution in [3.63, 3.8) is 0 Å². The van der Waals surface area contributed by atoms with E-state index in [0.717, 1.165) is 17.8 Å². The number of fused-ring (bicyclic) bond motifs is 1. The maximum atomic E-state index is 6.95. The summed E-state index contributed by atoms with van der Waals surface area (Å²) in [6.07, 6.45) is 20.6. The first-order valence-electron chi connectivity index (χ1n) is 18.3. The molecule has 0 spiro atoms. The molecule has 0 amide bonds. The standard InChI is InChI=1S/C38H72O2SSi2/c1-14-43(15-2,16-3)39-36(7,8)25-17-19-29(4)34-23-24-35-33(20-18-26-37(34,35)9)22-21-32-27-30(5)38(41-10,31(6)28-32)40-42(11,12)13/h21-22,29-31,34-35H,14-20,23-28H2,1-13H3/b32-21?,33-22+/t29-,30+,31+,34?,35?,37+,38?/m0/s1. The molecule has 0 aromatic heterocycles. The van der Waals surface area contributed by atoms with Crippen molar-refractivity contribution in [1.82, 2.24) is 0 Å². The summed E-state index contributed by atoms with van der Waals surface area (Å²) in [7, 11) is -3.18. The van der Waals surface area contributed by atoms with Crippen LogP contribution < -0.4 is 0 Å². The molecule has 43 heavy (non-hydrogen) atoms. The number of hydrogen-bond donors (Lipinski definition) is 0. The molecule has 2 unspecified atom stereocenters. The zero-order chi connectivity index (χ0) is 32.3. The summed E-state index contributed by atoms with van der Waals surface area (Å²) >= 11 is 1.98. The number of allylic oxidation sites excluding steroid dienone is 4. The second kappa shape index (κ2) is 14.9. The highest BCUT2D eigenvalue weighted by Crippen LogP contribution is 2.60. The van der Waals surface area contributed by atoms with Crippen LogP contribution in [0.2, 0.25) is 37.8 Å². The third-order valence-electron chi connectivity index (χ3n) is 12.4. The normalized spacial score (nSPS) is 34.0. The van der Waals surface area contributed by atoms with Crippen molar-refractivity contribution in [2.45, 2.75) is 175 Å². The molecule has 0 N–H and O–H groups in total. The number of hydrogen-bond acceptors (Lipinski definition) is 3. The van der Waals surface area contributed by atoms with Crippen molar-refractivity contribution in [3.05, 3.63) is 23.3 Å². The summed E-state index contributed by atoms with van der Waals surface area (Å²) in [5, 5.41) is 0. The van der Waals surface area contributed by atoms with Gasteiger partial charge < -0.3 is 8.85 Å². The van der Waals surface area contributed by atoms with Crippen LogP contribution in [-0.2, 0) is 8.85 Å². The van der Waals surface area contributed by atoms with Crippen LogP contribution in [0.4, 0.5) is 0 Å². The van der Waals surface area contributed by atoms with Gasteiger partial charge in [-0.15, -0.1) is 11.8 Å². The van der Waals surface area contributed by atoms with Gasteiger partial charge in [-0.1, -0.05) is 84.6 Å². The van der Waals surface area contributed by atoms with Gasteiger partial charge in [-0.3, -0.25) is 0 Å². The Morgan fingerprint density at radius 2 is 1.60 bits per heavy atom. The van der Waals surface area contributed by atoms with Gasteiger partial charge in [-0.25, -0.2) is 0 Å². The van der Waals surface area contributed by atoms with Gasteiger partial charge in [0.05, 0.1) is 5.60 Å². The molecule has 3 saturated carbocycles. The zero-order valence-corrected chi connectivity index (χ0v) is 33.8. The SMILES string of the molecule is CC[Si](CC)(CC)OC(C)(C)CCC[C@H](C)C1CCC2/C(=C/C=C3C[C@@H](C)C(O[Si](C)(C)C)(SC)[C@H](C)C3)CCC[C@@]21C.